The average molecular weight is 518 g/mol. The van der Waals surface area contributed by atoms with Crippen LogP contribution in [0.15, 0.2) is 42.5 Å². The molecule has 0 saturated carbocycles. The van der Waals surface area contributed by atoms with E-state index in [1.165, 1.54) is 16.8 Å². The quantitative estimate of drug-likeness (QED) is 0.498. The van der Waals surface area contributed by atoms with Gasteiger partial charge in [-0.1, -0.05) is 41.4 Å². The van der Waals surface area contributed by atoms with Gasteiger partial charge in [0.05, 0.1) is 23.2 Å². The molecular weight excluding hydrogens is 491 g/mol. The van der Waals surface area contributed by atoms with E-state index in [0.717, 1.165) is 43.0 Å². The number of nitrogens with zero attached hydrogens (tertiary/aromatic N) is 4. The van der Waals surface area contributed by atoms with Crippen molar-refractivity contribution in [2.45, 2.75) is 50.9 Å². The minimum Gasteiger partial charge on any atom is -0.337 e. The second-order valence-corrected chi connectivity index (χ2v) is 9.85. The molecule has 2 aliphatic heterocycles. The molecule has 1 fully saturated rings. The van der Waals surface area contributed by atoms with Crippen LogP contribution in [-0.4, -0.2) is 51.5 Å². The third-order valence-electron chi connectivity index (χ3n) is 7.11. The molecule has 0 spiro atoms. The lowest BCUT2D eigenvalue weighted by atomic mass is 9.97. The molecule has 5 rings (SSSR count). The first-order valence-corrected chi connectivity index (χ1v) is 12.5. The van der Waals surface area contributed by atoms with Gasteiger partial charge in [-0.05, 0) is 73.7 Å². The molecule has 190 valence electrons. The lowest BCUT2D eigenvalue weighted by molar-refractivity contribution is -0.138. The Labute approximate surface area is 212 Å². The van der Waals surface area contributed by atoms with E-state index in [0.29, 0.717) is 30.5 Å². The molecule has 0 unspecified atom stereocenters. The Morgan fingerprint density at radius 2 is 2.03 bits per heavy atom. The molecule has 2 aromatic carbocycles. The van der Waals surface area contributed by atoms with Crippen molar-refractivity contribution >= 4 is 34.1 Å². The van der Waals surface area contributed by atoms with Crippen LogP contribution < -0.4 is 5.32 Å². The normalized spacial score (nSPS) is 19.9. The lowest BCUT2D eigenvalue weighted by Gasteiger charge is -2.32. The number of carbonyl (C=O) groups is 1. The Bertz CT molecular complexity index is 1310. The van der Waals surface area contributed by atoms with E-state index in [2.05, 4.69) is 21.7 Å². The Kier molecular flexibility index (Phi) is 6.78. The average Bonchev–Trinajstić information content (AvgIpc) is 3.31. The van der Waals surface area contributed by atoms with Crippen molar-refractivity contribution in [3.05, 3.63) is 64.2 Å². The summed E-state index contributed by atoms with van der Waals surface area (Å²) in [6.45, 7) is 3.72. The first kappa shape index (κ1) is 24.8. The lowest BCUT2D eigenvalue weighted by Crippen LogP contribution is -2.49. The SMILES string of the molecule is C[C@H](c1ccc(Cl)cc1C(F)(F)F)n1nnc2ccc(C3=CCN(C(=O)[C@H]4CCCCN4)CC3)cc21. The molecule has 0 bridgehead atoms. The summed E-state index contributed by atoms with van der Waals surface area (Å²) in [5.41, 5.74) is 2.59. The van der Waals surface area contributed by atoms with Gasteiger partial charge in [-0.3, -0.25) is 4.79 Å². The van der Waals surface area contributed by atoms with Gasteiger partial charge >= 0.3 is 6.18 Å². The first-order chi connectivity index (χ1) is 17.2. The van der Waals surface area contributed by atoms with Gasteiger partial charge in [0, 0.05) is 18.1 Å². The van der Waals surface area contributed by atoms with E-state index in [9.17, 15) is 18.0 Å². The van der Waals surface area contributed by atoms with Crippen LogP contribution in [0.5, 0.6) is 0 Å². The summed E-state index contributed by atoms with van der Waals surface area (Å²) in [5, 5.41) is 11.7. The molecule has 1 amide bonds. The molecule has 1 saturated heterocycles. The summed E-state index contributed by atoms with van der Waals surface area (Å²) < 4.78 is 42.7. The van der Waals surface area contributed by atoms with E-state index in [1.807, 2.05) is 23.1 Å². The Balaban J connectivity index is 1.41. The van der Waals surface area contributed by atoms with Crippen molar-refractivity contribution in [3.8, 4) is 0 Å². The van der Waals surface area contributed by atoms with Crippen LogP contribution in [0.2, 0.25) is 5.02 Å². The topological polar surface area (TPSA) is 63.1 Å². The van der Waals surface area contributed by atoms with Gasteiger partial charge in [-0.25, -0.2) is 4.68 Å². The van der Waals surface area contributed by atoms with Gasteiger partial charge < -0.3 is 10.2 Å². The van der Waals surface area contributed by atoms with E-state index in [-0.39, 0.29) is 22.5 Å². The fourth-order valence-electron chi connectivity index (χ4n) is 5.11. The zero-order valence-corrected chi connectivity index (χ0v) is 20.6. The largest absolute Gasteiger partial charge is 0.416 e. The number of amides is 1. The van der Waals surface area contributed by atoms with Crippen molar-refractivity contribution in [2.24, 2.45) is 0 Å². The van der Waals surface area contributed by atoms with Gasteiger partial charge in [0.2, 0.25) is 5.91 Å². The molecule has 1 N–H and O–H groups in total. The fourth-order valence-corrected chi connectivity index (χ4v) is 5.28. The number of piperidine rings is 1. The second-order valence-electron chi connectivity index (χ2n) is 9.41. The van der Waals surface area contributed by atoms with Crippen LogP contribution in [-0.2, 0) is 11.0 Å². The number of alkyl halides is 3. The third-order valence-corrected chi connectivity index (χ3v) is 7.34. The molecule has 2 atom stereocenters. The predicted molar refractivity (Wildman–Crippen MR) is 133 cm³/mol. The van der Waals surface area contributed by atoms with Crippen LogP contribution in [0.3, 0.4) is 0 Å². The van der Waals surface area contributed by atoms with Gasteiger partial charge in [-0.2, -0.15) is 13.2 Å². The van der Waals surface area contributed by atoms with Crippen molar-refractivity contribution in [3.63, 3.8) is 0 Å². The number of fused-ring (bicyclic) bond motifs is 1. The summed E-state index contributed by atoms with van der Waals surface area (Å²) >= 11 is 5.86. The van der Waals surface area contributed by atoms with E-state index < -0.39 is 17.8 Å². The minimum atomic E-state index is -4.54. The molecule has 3 aromatic rings. The number of rotatable bonds is 4. The van der Waals surface area contributed by atoms with Gasteiger partial charge in [-0.15, -0.1) is 5.10 Å². The summed E-state index contributed by atoms with van der Waals surface area (Å²) in [7, 11) is 0. The molecule has 36 heavy (non-hydrogen) atoms. The minimum absolute atomic E-state index is 0.0278. The monoisotopic (exact) mass is 517 g/mol. The number of carbonyl (C=O) groups excluding carboxylic acids is 1. The number of hydrogen-bond donors (Lipinski definition) is 1. The Morgan fingerprint density at radius 1 is 1.19 bits per heavy atom. The van der Waals surface area contributed by atoms with Gasteiger partial charge in [0.1, 0.15) is 5.52 Å². The number of nitrogens with one attached hydrogen (secondary N) is 1. The summed E-state index contributed by atoms with van der Waals surface area (Å²) in [4.78, 5) is 14.7. The second kappa shape index (κ2) is 9.86. The molecule has 0 aliphatic carbocycles. The van der Waals surface area contributed by atoms with Gasteiger partial charge in [0.25, 0.3) is 0 Å². The molecule has 10 heteroatoms. The predicted octanol–water partition coefficient (Wildman–Crippen LogP) is 5.47. The highest BCUT2D eigenvalue weighted by atomic mass is 35.5. The maximum absolute atomic E-state index is 13.7. The van der Waals surface area contributed by atoms with Crippen LogP contribution in [0.4, 0.5) is 13.2 Å². The molecule has 6 nitrogen and oxygen atoms in total. The van der Waals surface area contributed by atoms with Crippen molar-refractivity contribution in [1.29, 1.82) is 0 Å². The Hall–Kier alpha value is -2.91. The standard InChI is InChI=1S/C26H27ClF3N5O/c1-16(20-7-6-19(27)15-21(20)26(28,29)30)35-24-14-18(5-8-22(24)32-33-35)17-9-12-34(13-10-17)25(36)23-4-2-3-11-31-23/h5-9,14-16,23,31H,2-4,10-13H2,1H3/t16-,23-/m1/s1. The van der Waals surface area contributed by atoms with E-state index in [4.69, 9.17) is 11.6 Å². The molecule has 2 aliphatic rings. The number of benzene rings is 2. The zero-order valence-electron chi connectivity index (χ0n) is 19.9. The summed E-state index contributed by atoms with van der Waals surface area (Å²) in [6, 6.07) is 8.68. The number of hydrogen-bond acceptors (Lipinski definition) is 4. The summed E-state index contributed by atoms with van der Waals surface area (Å²) in [5.74, 6) is 0.153. The molecular formula is C26H27ClF3N5O. The third kappa shape index (κ3) is 4.86. The van der Waals surface area contributed by atoms with Crippen molar-refractivity contribution in [2.75, 3.05) is 19.6 Å². The van der Waals surface area contributed by atoms with Crippen LogP contribution in [0.25, 0.3) is 16.6 Å². The fraction of sp³-hybridized carbons (Fsp3) is 0.423. The smallest absolute Gasteiger partial charge is 0.337 e. The van der Waals surface area contributed by atoms with Crippen LogP contribution >= 0.6 is 11.6 Å². The van der Waals surface area contributed by atoms with Crippen molar-refractivity contribution in [1.82, 2.24) is 25.2 Å². The van der Waals surface area contributed by atoms with E-state index in [1.54, 1.807) is 6.92 Å². The molecule has 3 heterocycles. The van der Waals surface area contributed by atoms with Gasteiger partial charge in [0.15, 0.2) is 0 Å². The first-order valence-electron chi connectivity index (χ1n) is 12.2. The summed E-state index contributed by atoms with van der Waals surface area (Å²) in [6.07, 6.45) is 1.27. The van der Waals surface area contributed by atoms with Crippen LogP contribution in [0, 0.1) is 0 Å². The highest BCUT2D eigenvalue weighted by Crippen LogP contribution is 2.38. The highest BCUT2D eigenvalue weighted by Gasteiger charge is 2.35. The number of aromatic nitrogens is 3. The zero-order chi connectivity index (χ0) is 25.4. The Morgan fingerprint density at radius 3 is 2.72 bits per heavy atom. The highest BCUT2D eigenvalue weighted by molar-refractivity contribution is 6.30. The van der Waals surface area contributed by atoms with Crippen molar-refractivity contribution < 1.29 is 18.0 Å². The van der Waals surface area contributed by atoms with E-state index >= 15 is 0 Å². The molecule has 0 radical (unpaired) electrons. The maximum atomic E-state index is 13.7. The molecule has 1 aromatic heterocycles. The number of halogens is 4. The maximum Gasteiger partial charge on any atom is 0.416 e. The van der Waals surface area contributed by atoms with Crippen LogP contribution in [0.1, 0.15) is 55.3 Å².